The first-order chi connectivity index (χ1) is 23.1. The smallest absolute Gasteiger partial charge is 0.261 e. The Morgan fingerprint density at radius 3 is 2.31 bits per heavy atom. The second-order valence-corrected chi connectivity index (χ2v) is 16.4. The molecule has 2 N–H and O–H groups in total. The summed E-state index contributed by atoms with van der Waals surface area (Å²) in [4.78, 5) is 15.8. The highest BCUT2D eigenvalue weighted by Crippen LogP contribution is 2.30. The van der Waals surface area contributed by atoms with Crippen LogP contribution in [-0.2, 0) is 24.8 Å². The molecule has 0 aliphatic carbocycles. The number of benzene rings is 3. The predicted octanol–water partition coefficient (Wildman–Crippen LogP) is 5.05. The molecule has 0 spiro atoms. The summed E-state index contributed by atoms with van der Waals surface area (Å²) in [5.74, 6) is -1.20. The van der Waals surface area contributed by atoms with Crippen molar-refractivity contribution in [1.82, 2.24) is 9.21 Å². The van der Waals surface area contributed by atoms with E-state index in [2.05, 4.69) is 4.72 Å². The molecule has 4 rings (SSSR count). The number of nitrogens with zero attached hydrogens (tertiary/aromatic N) is 2. The lowest BCUT2D eigenvalue weighted by molar-refractivity contribution is -0.00834. The summed E-state index contributed by atoms with van der Waals surface area (Å²) < 4.78 is 82.8. The quantitative estimate of drug-likeness (QED) is 0.313. The number of carbonyl (C=O) groups is 1. The van der Waals surface area contributed by atoms with Crippen molar-refractivity contribution in [3.8, 4) is 5.75 Å². The lowest BCUT2D eigenvalue weighted by Crippen LogP contribution is -2.48. The Bertz CT molecular complexity index is 1790. The van der Waals surface area contributed by atoms with Gasteiger partial charge < -0.3 is 19.5 Å². The Kier molecular flexibility index (Phi) is 12.8. The molecule has 0 unspecified atom stereocenters. The van der Waals surface area contributed by atoms with Gasteiger partial charge in [-0.25, -0.2) is 21.2 Å². The average Bonchev–Trinajstić information content (AvgIpc) is 3.06. The molecular weight excluding hydrogens is 674 g/mol. The van der Waals surface area contributed by atoms with Crippen LogP contribution in [0.4, 0.5) is 10.1 Å². The second-order valence-electron chi connectivity index (χ2n) is 12.7. The third-order valence-corrected chi connectivity index (χ3v) is 11.8. The van der Waals surface area contributed by atoms with E-state index in [4.69, 9.17) is 9.47 Å². The largest absolute Gasteiger partial charge is 0.490 e. The fraction of sp³-hybridized carbons (Fsp3) is 0.457. The summed E-state index contributed by atoms with van der Waals surface area (Å²) in [5.41, 5.74) is 1.17. The Labute approximate surface area is 289 Å². The normalized spacial score (nSPS) is 20.6. The SMILES string of the molecule is Cc1ccc(S(=O)(=O)Nc2ccc3c(c2)C(=O)N([C@@H](C)CO)C[C@H](C)[C@H](CN(C)S(=O)(=O)c2ccc(F)cc2)OCCCC[C@H](C)O3)cc1. The number of rotatable bonds is 9. The van der Waals surface area contributed by atoms with Crippen LogP contribution < -0.4 is 9.46 Å². The highest BCUT2D eigenvalue weighted by atomic mass is 32.2. The Morgan fingerprint density at radius 1 is 1.00 bits per heavy atom. The van der Waals surface area contributed by atoms with Gasteiger partial charge in [0.1, 0.15) is 11.6 Å². The molecule has 0 bridgehead atoms. The zero-order valence-corrected chi connectivity index (χ0v) is 30.1. The summed E-state index contributed by atoms with van der Waals surface area (Å²) in [6, 6.07) is 14.8. The molecule has 14 heteroatoms. The third kappa shape index (κ3) is 9.79. The van der Waals surface area contributed by atoms with Crippen molar-refractivity contribution in [3.05, 3.63) is 83.7 Å². The van der Waals surface area contributed by atoms with E-state index in [0.717, 1.165) is 28.4 Å². The van der Waals surface area contributed by atoms with Gasteiger partial charge in [0, 0.05) is 38.3 Å². The Morgan fingerprint density at radius 2 is 1.65 bits per heavy atom. The Balaban J connectivity index is 1.67. The fourth-order valence-corrected chi connectivity index (χ4v) is 7.75. The maximum atomic E-state index is 14.4. The molecule has 1 heterocycles. The standard InChI is InChI=1S/C35H46FN3O8S2/c1-24-9-14-30(15-10-24)48(42,43)37-29-13-18-33-32(20-29)35(41)39(26(3)23-40)21-25(2)34(46-19-7-6-8-27(4)47-33)22-38(5)49(44,45)31-16-11-28(36)12-17-31/h9-18,20,25-27,34,37,40H,6-8,19,21-23H2,1-5H3/t25-,26-,27-,34-/m0/s1. The van der Waals surface area contributed by atoms with Gasteiger partial charge in [-0.3, -0.25) is 9.52 Å². The molecule has 3 aromatic rings. The van der Waals surface area contributed by atoms with Crippen molar-refractivity contribution in [2.24, 2.45) is 5.92 Å². The number of aliphatic hydroxyl groups is 1. The fourth-order valence-electron chi connectivity index (χ4n) is 5.52. The number of aliphatic hydroxyl groups excluding tert-OH is 1. The van der Waals surface area contributed by atoms with Crippen molar-refractivity contribution in [3.63, 3.8) is 0 Å². The molecule has 0 fully saturated rings. The first-order valence-corrected chi connectivity index (χ1v) is 19.2. The van der Waals surface area contributed by atoms with E-state index in [0.29, 0.717) is 19.4 Å². The number of hydrogen-bond donors (Lipinski definition) is 2. The maximum absolute atomic E-state index is 14.4. The third-order valence-electron chi connectivity index (χ3n) is 8.59. The summed E-state index contributed by atoms with van der Waals surface area (Å²) in [7, 11) is -6.53. The molecule has 1 aliphatic rings. The summed E-state index contributed by atoms with van der Waals surface area (Å²) in [6.45, 7) is 7.26. The van der Waals surface area contributed by atoms with Gasteiger partial charge in [0.2, 0.25) is 10.0 Å². The van der Waals surface area contributed by atoms with Crippen LogP contribution in [0.2, 0.25) is 0 Å². The second kappa shape index (κ2) is 16.4. The van der Waals surface area contributed by atoms with Crippen LogP contribution in [0.3, 0.4) is 0 Å². The molecule has 0 aromatic heterocycles. The monoisotopic (exact) mass is 719 g/mol. The molecule has 1 aliphatic heterocycles. The summed E-state index contributed by atoms with van der Waals surface area (Å²) in [6.07, 6.45) is 1.10. The van der Waals surface area contributed by atoms with Gasteiger partial charge in [-0.2, -0.15) is 4.31 Å². The first kappa shape index (κ1) is 38.2. The number of likely N-dealkylation sites (N-methyl/N-ethyl adjacent to an activating group) is 1. The van der Waals surface area contributed by atoms with E-state index >= 15 is 0 Å². The molecule has 11 nitrogen and oxygen atoms in total. The van der Waals surface area contributed by atoms with Crippen molar-refractivity contribution >= 4 is 31.6 Å². The van der Waals surface area contributed by atoms with Crippen molar-refractivity contribution in [2.75, 3.05) is 38.1 Å². The number of fused-ring (bicyclic) bond motifs is 1. The lowest BCUT2D eigenvalue weighted by atomic mass is 10.0. The molecule has 49 heavy (non-hydrogen) atoms. The molecule has 0 saturated carbocycles. The average molecular weight is 720 g/mol. The summed E-state index contributed by atoms with van der Waals surface area (Å²) in [5, 5.41) is 10.2. The van der Waals surface area contributed by atoms with E-state index in [1.54, 1.807) is 25.1 Å². The zero-order chi connectivity index (χ0) is 35.9. The predicted molar refractivity (Wildman–Crippen MR) is 185 cm³/mol. The first-order valence-electron chi connectivity index (χ1n) is 16.3. The molecule has 3 aromatic carbocycles. The molecule has 4 atom stereocenters. The molecule has 1 amide bonds. The van der Waals surface area contributed by atoms with Crippen molar-refractivity contribution in [2.45, 2.75) is 75.0 Å². The van der Waals surface area contributed by atoms with Gasteiger partial charge in [0.15, 0.2) is 0 Å². The Hall–Kier alpha value is -3.56. The topological polar surface area (TPSA) is 143 Å². The number of amides is 1. The molecule has 268 valence electrons. The minimum Gasteiger partial charge on any atom is -0.490 e. The van der Waals surface area contributed by atoms with E-state index in [-0.39, 0.29) is 52.6 Å². The number of aryl methyl sites for hydroxylation is 1. The van der Waals surface area contributed by atoms with Crippen LogP contribution in [0.5, 0.6) is 5.75 Å². The van der Waals surface area contributed by atoms with Gasteiger partial charge >= 0.3 is 0 Å². The number of hydrogen-bond acceptors (Lipinski definition) is 8. The van der Waals surface area contributed by atoms with Gasteiger partial charge in [0.05, 0.1) is 40.2 Å². The maximum Gasteiger partial charge on any atom is 0.261 e. The highest BCUT2D eigenvalue weighted by molar-refractivity contribution is 7.92. The zero-order valence-electron chi connectivity index (χ0n) is 28.5. The van der Waals surface area contributed by atoms with Crippen LogP contribution >= 0.6 is 0 Å². The van der Waals surface area contributed by atoms with E-state index in [9.17, 15) is 31.1 Å². The molecule has 0 radical (unpaired) electrons. The van der Waals surface area contributed by atoms with Gasteiger partial charge in [-0.15, -0.1) is 0 Å². The number of sulfonamides is 2. The number of carbonyl (C=O) groups excluding carboxylic acids is 1. The summed E-state index contributed by atoms with van der Waals surface area (Å²) >= 11 is 0. The van der Waals surface area contributed by atoms with Gasteiger partial charge in [-0.1, -0.05) is 24.6 Å². The van der Waals surface area contributed by atoms with Crippen LogP contribution in [0.1, 0.15) is 56.0 Å². The van der Waals surface area contributed by atoms with E-state index in [1.165, 1.54) is 48.3 Å². The number of anilines is 1. The minimum atomic E-state index is -3.98. The van der Waals surface area contributed by atoms with Crippen LogP contribution in [-0.4, -0.2) is 88.7 Å². The van der Waals surface area contributed by atoms with Crippen molar-refractivity contribution in [1.29, 1.82) is 0 Å². The van der Waals surface area contributed by atoms with Crippen LogP contribution in [0.25, 0.3) is 0 Å². The lowest BCUT2D eigenvalue weighted by Gasteiger charge is -2.35. The van der Waals surface area contributed by atoms with Crippen LogP contribution in [0, 0.1) is 18.7 Å². The van der Waals surface area contributed by atoms with Crippen molar-refractivity contribution < 1.29 is 40.6 Å². The van der Waals surface area contributed by atoms with Gasteiger partial charge in [-0.05, 0) is 94.6 Å². The van der Waals surface area contributed by atoms with Crippen LogP contribution in [0.15, 0.2) is 76.5 Å². The number of halogens is 1. The molecule has 0 saturated heterocycles. The van der Waals surface area contributed by atoms with Gasteiger partial charge in [0.25, 0.3) is 15.9 Å². The number of nitrogens with one attached hydrogen (secondary N) is 1. The van der Waals surface area contributed by atoms with E-state index in [1.807, 2.05) is 20.8 Å². The minimum absolute atomic E-state index is 0.0442. The molecular formula is C35H46FN3O8S2. The van der Waals surface area contributed by atoms with E-state index < -0.39 is 49.8 Å². The highest BCUT2D eigenvalue weighted by Gasteiger charge is 2.32. The number of ether oxygens (including phenoxy) is 2.